The number of fused-ring (bicyclic) bond motifs is 1. The predicted molar refractivity (Wildman–Crippen MR) is 139 cm³/mol. The molecule has 0 aliphatic heterocycles. The van der Waals surface area contributed by atoms with Crippen molar-refractivity contribution in [3.63, 3.8) is 0 Å². The number of unbranched alkanes of at least 4 members (excludes halogenated alkanes) is 8. The standard InChI is InChI=1S/C28H40N2O2S/c1-4-6-8-9-10-11-13-15-27(31)32-24-18-16-23(17-19-24)25-20-30-26(21-33-28(30)29-25)22(3)14-12-7-5-2/h16-22H,4-15H2,1-3H3. The van der Waals surface area contributed by atoms with Crippen LogP contribution in [0.3, 0.4) is 0 Å². The number of hydrogen-bond acceptors (Lipinski definition) is 4. The van der Waals surface area contributed by atoms with Gasteiger partial charge in [-0.1, -0.05) is 78.6 Å². The zero-order chi connectivity index (χ0) is 23.5. The van der Waals surface area contributed by atoms with E-state index in [1.165, 1.54) is 63.5 Å². The van der Waals surface area contributed by atoms with Crippen LogP contribution in [0.4, 0.5) is 0 Å². The molecule has 0 saturated carbocycles. The minimum absolute atomic E-state index is 0.138. The Labute approximate surface area is 203 Å². The Morgan fingerprint density at radius 3 is 2.36 bits per heavy atom. The van der Waals surface area contributed by atoms with Gasteiger partial charge in [0.25, 0.3) is 0 Å². The van der Waals surface area contributed by atoms with Crippen molar-refractivity contribution in [3.05, 3.63) is 41.5 Å². The smallest absolute Gasteiger partial charge is 0.311 e. The molecule has 0 fully saturated rings. The number of thiazole rings is 1. The van der Waals surface area contributed by atoms with Gasteiger partial charge in [-0.15, -0.1) is 11.3 Å². The summed E-state index contributed by atoms with van der Waals surface area (Å²) in [6.07, 6.45) is 16.1. The van der Waals surface area contributed by atoms with E-state index in [4.69, 9.17) is 9.72 Å². The first-order valence-electron chi connectivity index (χ1n) is 12.9. The summed E-state index contributed by atoms with van der Waals surface area (Å²) in [5.74, 6) is 1.00. The summed E-state index contributed by atoms with van der Waals surface area (Å²) in [5, 5.41) is 2.25. The molecule has 2 heterocycles. The number of ether oxygens (including phenoxy) is 1. The predicted octanol–water partition coefficient (Wildman–Crippen LogP) is 8.79. The fourth-order valence-corrected chi connectivity index (χ4v) is 5.24. The lowest BCUT2D eigenvalue weighted by Gasteiger charge is -2.09. The van der Waals surface area contributed by atoms with Crippen LogP contribution in [-0.2, 0) is 4.79 Å². The van der Waals surface area contributed by atoms with Crippen molar-refractivity contribution >= 4 is 22.3 Å². The highest BCUT2D eigenvalue weighted by atomic mass is 32.1. The molecule has 0 radical (unpaired) electrons. The van der Waals surface area contributed by atoms with Gasteiger partial charge >= 0.3 is 5.97 Å². The molecule has 0 bridgehead atoms. The third kappa shape index (κ3) is 7.70. The summed E-state index contributed by atoms with van der Waals surface area (Å²) < 4.78 is 7.77. The Morgan fingerprint density at radius 1 is 0.970 bits per heavy atom. The number of benzene rings is 1. The van der Waals surface area contributed by atoms with Gasteiger partial charge in [0.2, 0.25) is 0 Å². The first kappa shape index (κ1) is 25.5. The van der Waals surface area contributed by atoms with Crippen LogP contribution in [0, 0.1) is 0 Å². The Morgan fingerprint density at radius 2 is 1.64 bits per heavy atom. The number of esters is 1. The van der Waals surface area contributed by atoms with Gasteiger partial charge in [-0.25, -0.2) is 4.98 Å². The molecule has 180 valence electrons. The van der Waals surface area contributed by atoms with Crippen molar-refractivity contribution in [2.75, 3.05) is 0 Å². The van der Waals surface area contributed by atoms with Gasteiger partial charge in [0.1, 0.15) is 5.75 Å². The summed E-state index contributed by atoms with van der Waals surface area (Å²) in [4.78, 5) is 18.0. The maximum absolute atomic E-state index is 12.1. The molecule has 3 rings (SSSR count). The first-order valence-corrected chi connectivity index (χ1v) is 13.8. The molecule has 0 aliphatic carbocycles. The third-order valence-corrected chi connectivity index (χ3v) is 7.21. The summed E-state index contributed by atoms with van der Waals surface area (Å²) in [6.45, 7) is 6.79. The summed E-state index contributed by atoms with van der Waals surface area (Å²) in [6, 6.07) is 7.74. The quantitative estimate of drug-likeness (QED) is 0.127. The molecule has 2 aromatic heterocycles. The zero-order valence-electron chi connectivity index (χ0n) is 20.6. The highest BCUT2D eigenvalue weighted by molar-refractivity contribution is 7.15. The number of carbonyl (C=O) groups excluding carboxylic acids is 1. The van der Waals surface area contributed by atoms with Crippen molar-refractivity contribution in [1.82, 2.24) is 9.38 Å². The summed E-state index contributed by atoms with van der Waals surface area (Å²) >= 11 is 1.71. The number of carbonyl (C=O) groups is 1. The van der Waals surface area contributed by atoms with E-state index in [1.54, 1.807) is 11.3 Å². The molecular formula is C28H40N2O2S. The molecule has 3 aromatic rings. The Hall–Kier alpha value is -2.14. The Balaban J connectivity index is 1.51. The van der Waals surface area contributed by atoms with Gasteiger partial charge in [0, 0.05) is 29.3 Å². The lowest BCUT2D eigenvalue weighted by Crippen LogP contribution is -2.07. The van der Waals surface area contributed by atoms with Gasteiger partial charge in [0.05, 0.1) is 5.69 Å². The van der Waals surface area contributed by atoms with Crippen LogP contribution < -0.4 is 4.74 Å². The largest absolute Gasteiger partial charge is 0.427 e. The molecule has 0 N–H and O–H groups in total. The van der Waals surface area contributed by atoms with Crippen molar-refractivity contribution in [2.45, 2.75) is 104 Å². The third-order valence-electron chi connectivity index (χ3n) is 6.35. The van der Waals surface area contributed by atoms with E-state index in [2.05, 4.69) is 36.7 Å². The topological polar surface area (TPSA) is 43.6 Å². The minimum Gasteiger partial charge on any atom is -0.427 e. The van der Waals surface area contributed by atoms with Crippen molar-refractivity contribution in [3.8, 4) is 17.0 Å². The van der Waals surface area contributed by atoms with E-state index in [1.807, 2.05) is 24.3 Å². The molecule has 0 amide bonds. The van der Waals surface area contributed by atoms with E-state index < -0.39 is 0 Å². The van der Waals surface area contributed by atoms with Crippen molar-refractivity contribution < 1.29 is 9.53 Å². The molecule has 33 heavy (non-hydrogen) atoms. The lowest BCUT2D eigenvalue weighted by atomic mass is 10.0. The number of imidazole rings is 1. The maximum atomic E-state index is 12.1. The van der Waals surface area contributed by atoms with Crippen LogP contribution in [0.2, 0.25) is 0 Å². The molecule has 0 aliphatic rings. The molecule has 1 atom stereocenters. The van der Waals surface area contributed by atoms with Gasteiger partial charge in [-0.05, 0) is 43.0 Å². The lowest BCUT2D eigenvalue weighted by molar-refractivity contribution is -0.134. The molecule has 1 aromatic carbocycles. The average Bonchev–Trinajstić information content (AvgIpc) is 3.40. The van der Waals surface area contributed by atoms with Gasteiger partial charge in [-0.2, -0.15) is 0 Å². The Bertz CT molecular complexity index is 974. The number of rotatable bonds is 15. The average molecular weight is 469 g/mol. The monoisotopic (exact) mass is 468 g/mol. The van der Waals surface area contributed by atoms with E-state index in [-0.39, 0.29) is 5.97 Å². The number of aromatic nitrogens is 2. The molecule has 1 unspecified atom stereocenters. The first-order chi connectivity index (χ1) is 16.1. The van der Waals surface area contributed by atoms with Crippen LogP contribution >= 0.6 is 11.3 Å². The molecule has 4 nitrogen and oxygen atoms in total. The zero-order valence-corrected chi connectivity index (χ0v) is 21.5. The van der Waals surface area contributed by atoms with Crippen LogP contribution in [-0.4, -0.2) is 15.4 Å². The van der Waals surface area contributed by atoms with Crippen LogP contribution in [0.1, 0.15) is 109 Å². The highest BCUT2D eigenvalue weighted by Gasteiger charge is 2.14. The fraction of sp³-hybridized carbons (Fsp3) is 0.571. The van der Waals surface area contributed by atoms with E-state index in [0.29, 0.717) is 18.1 Å². The van der Waals surface area contributed by atoms with Crippen molar-refractivity contribution in [2.24, 2.45) is 0 Å². The number of hydrogen-bond donors (Lipinski definition) is 0. The van der Waals surface area contributed by atoms with Gasteiger partial charge < -0.3 is 4.74 Å². The Kier molecular flexibility index (Phi) is 10.5. The molecule has 0 saturated heterocycles. The molecular weight excluding hydrogens is 428 g/mol. The van der Waals surface area contributed by atoms with E-state index in [9.17, 15) is 4.79 Å². The van der Waals surface area contributed by atoms with Crippen molar-refractivity contribution in [1.29, 1.82) is 0 Å². The number of nitrogens with zero attached hydrogens (tertiary/aromatic N) is 2. The molecule has 0 spiro atoms. The van der Waals surface area contributed by atoms with E-state index in [0.717, 1.165) is 29.1 Å². The summed E-state index contributed by atoms with van der Waals surface area (Å²) in [5.41, 5.74) is 3.35. The second-order valence-electron chi connectivity index (χ2n) is 9.21. The minimum atomic E-state index is -0.138. The SMILES string of the molecule is CCCCCCCCCC(=O)Oc1ccc(-c2cn3c(C(C)CCCCC)csc3n2)cc1. The van der Waals surface area contributed by atoms with E-state index >= 15 is 0 Å². The summed E-state index contributed by atoms with van der Waals surface area (Å²) in [7, 11) is 0. The highest BCUT2D eigenvalue weighted by Crippen LogP contribution is 2.30. The maximum Gasteiger partial charge on any atom is 0.311 e. The van der Waals surface area contributed by atoms with Gasteiger partial charge in [0.15, 0.2) is 4.96 Å². The van der Waals surface area contributed by atoms with Crippen LogP contribution in [0.15, 0.2) is 35.8 Å². The molecule has 5 heteroatoms. The van der Waals surface area contributed by atoms with Crippen LogP contribution in [0.5, 0.6) is 5.75 Å². The van der Waals surface area contributed by atoms with Crippen LogP contribution in [0.25, 0.3) is 16.2 Å². The second kappa shape index (κ2) is 13.5. The fourth-order valence-electron chi connectivity index (χ4n) is 4.24. The second-order valence-corrected chi connectivity index (χ2v) is 10.0. The normalized spacial score (nSPS) is 12.3. The van der Waals surface area contributed by atoms with Gasteiger partial charge in [-0.3, -0.25) is 9.20 Å².